The minimum atomic E-state index is -3.72. The lowest BCUT2D eigenvalue weighted by molar-refractivity contribution is -0.121. The van der Waals surface area contributed by atoms with Gasteiger partial charge in [-0.15, -0.1) is 0 Å². The molecule has 0 saturated heterocycles. The number of carbonyl (C=O) groups excluding carboxylic acids is 1. The fourth-order valence-electron chi connectivity index (χ4n) is 2.55. The van der Waals surface area contributed by atoms with Crippen molar-refractivity contribution < 1.29 is 13.2 Å². The Morgan fingerprint density at radius 2 is 2.14 bits per heavy atom. The predicted octanol–water partition coefficient (Wildman–Crippen LogP) is -0.914. The van der Waals surface area contributed by atoms with Crippen LogP contribution in [0.25, 0.3) is 0 Å². The summed E-state index contributed by atoms with van der Waals surface area (Å²) in [6.45, 7) is 0.0626. The summed E-state index contributed by atoms with van der Waals surface area (Å²) >= 11 is 0. The molecule has 0 aliphatic heterocycles. The third kappa shape index (κ3) is 3.80. The standard InChI is InChI=1S/C12H21N5O3S/c1-17-8-10(6-14-17)21(19,20)15-7-11(18)16-12(9-13)4-2-3-5-12/h6,8,15H,2-5,7,9,13H2,1H3,(H,16,18). The molecule has 0 spiro atoms. The van der Waals surface area contributed by atoms with Crippen molar-refractivity contribution in [3.05, 3.63) is 12.4 Å². The van der Waals surface area contributed by atoms with Crippen molar-refractivity contribution in [2.45, 2.75) is 36.1 Å². The molecular formula is C12H21N5O3S. The molecule has 8 nitrogen and oxygen atoms in total. The normalized spacial score (nSPS) is 17.8. The van der Waals surface area contributed by atoms with Crippen LogP contribution in [0.5, 0.6) is 0 Å². The molecule has 21 heavy (non-hydrogen) atoms. The summed E-state index contributed by atoms with van der Waals surface area (Å²) in [5.74, 6) is -0.366. The van der Waals surface area contributed by atoms with E-state index < -0.39 is 10.0 Å². The van der Waals surface area contributed by atoms with E-state index in [-0.39, 0.29) is 22.9 Å². The summed E-state index contributed by atoms with van der Waals surface area (Å²) in [5.41, 5.74) is 5.35. The third-order valence-electron chi connectivity index (χ3n) is 3.77. The summed E-state index contributed by atoms with van der Waals surface area (Å²) in [7, 11) is -2.10. The molecule has 1 fully saturated rings. The Morgan fingerprint density at radius 3 is 2.67 bits per heavy atom. The van der Waals surface area contributed by atoms with E-state index in [1.165, 1.54) is 17.1 Å². The molecule has 1 amide bonds. The fraction of sp³-hybridized carbons (Fsp3) is 0.667. The predicted molar refractivity (Wildman–Crippen MR) is 76.8 cm³/mol. The molecule has 9 heteroatoms. The van der Waals surface area contributed by atoms with Gasteiger partial charge >= 0.3 is 0 Å². The Kier molecular flexibility index (Phi) is 4.64. The van der Waals surface area contributed by atoms with E-state index in [0.29, 0.717) is 6.54 Å². The average Bonchev–Trinajstić information content (AvgIpc) is 3.07. The Labute approximate surface area is 124 Å². The first-order valence-corrected chi connectivity index (χ1v) is 8.35. The maximum atomic E-state index is 12.0. The highest BCUT2D eigenvalue weighted by atomic mass is 32.2. The summed E-state index contributed by atoms with van der Waals surface area (Å²) in [5, 5.41) is 6.66. The van der Waals surface area contributed by atoms with E-state index in [0.717, 1.165) is 25.7 Å². The number of nitrogens with two attached hydrogens (primary N) is 1. The number of nitrogens with one attached hydrogen (secondary N) is 2. The van der Waals surface area contributed by atoms with Crippen molar-refractivity contribution in [2.24, 2.45) is 12.8 Å². The molecule has 0 aromatic carbocycles. The lowest BCUT2D eigenvalue weighted by Gasteiger charge is -2.28. The number of amides is 1. The number of rotatable bonds is 6. The van der Waals surface area contributed by atoms with E-state index in [4.69, 9.17) is 5.73 Å². The molecule has 4 N–H and O–H groups in total. The van der Waals surface area contributed by atoms with Gasteiger partial charge in [0.1, 0.15) is 4.90 Å². The number of aromatic nitrogens is 2. The second-order valence-corrected chi connectivity index (χ2v) is 7.18. The van der Waals surface area contributed by atoms with Crippen LogP contribution in [0.15, 0.2) is 17.3 Å². The van der Waals surface area contributed by atoms with Crippen LogP contribution >= 0.6 is 0 Å². The molecule has 1 aromatic heterocycles. The van der Waals surface area contributed by atoms with Crippen LogP contribution in [0, 0.1) is 0 Å². The van der Waals surface area contributed by atoms with Gasteiger partial charge in [0.2, 0.25) is 15.9 Å². The van der Waals surface area contributed by atoms with Gasteiger partial charge in [0.15, 0.2) is 0 Å². The van der Waals surface area contributed by atoms with Gasteiger partial charge in [0.25, 0.3) is 0 Å². The van der Waals surface area contributed by atoms with E-state index >= 15 is 0 Å². The first kappa shape index (κ1) is 15.9. The molecule has 2 rings (SSSR count). The average molecular weight is 315 g/mol. The second-order valence-electron chi connectivity index (χ2n) is 5.41. The molecule has 1 aliphatic rings. The highest BCUT2D eigenvalue weighted by Crippen LogP contribution is 2.28. The molecule has 0 bridgehead atoms. The molecule has 0 unspecified atom stereocenters. The molecule has 118 valence electrons. The van der Waals surface area contributed by atoms with Crippen LogP contribution in [-0.4, -0.2) is 42.7 Å². The summed E-state index contributed by atoms with van der Waals surface area (Å²) in [6.07, 6.45) is 6.34. The first-order valence-electron chi connectivity index (χ1n) is 6.86. The molecular weight excluding hydrogens is 294 g/mol. The van der Waals surface area contributed by atoms with Crippen LogP contribution in [0.2, 0.25) is 0 Å². The summed E-state index contributed by atoms with van der Waals surface area (Å²) < 4.78 is 27.6. The van der Waals surface area contributed by atoms with Crippen molar-refractivity contribution in [3.8, 4) is 0 Å². The topological polar surface area (TPSA) is 119 Å². The number of carbonyl (C=O) groups is 1. The lowest BCUT2D eigenvalue weighted by Crippen LogP contribution is -2.54. The quantitative estimate of drug-likeness (QED) is 0.627. The maximum absolute atomic E-state index is 12.0. The Bertz CT molecular complexity index is 604. The number of hydrogen-bond acceptors (Lipinski definition) is 5. The molecule has 0 atom stereocenters. The van der Waals surface area contributed by atoms with Gasteiger partial charge in [0, 0.05) is 19.8 Å². The van der Waals surface area contributed by atoms with E-state index in [2.05, 4.69) is 15.1 Å². The Hall–Kier alpha value is -1.45. The highest BCUT2D eigenvalue weighted by Gasteiger charge is 2.33. The minimum absolute atomic E-state index is 0.0344. The second kappa shape index (κ2) is 6.12. The van der Waals surface area contributed by atoms with Crippen LogP contribution in [-0.2, 0) is 21.9 Å². The van der Waals surface area contributed by atoms with Gasteiger partial charge in [-0.3, -0.25) is 9.48 Å². The van der Waals surface area contributed by atoms with Crippen molar-refractivity contribution >= 4 is 15.9 Å². The molecule has 1 aromatic rings. The number of nitrogens with zero attached hydrogens (tertiary/aromatic N) is 2. The zero-order valence-corrected chi connectivity index (χ0v) is 12.8. The number of aryl methyl sites for hydroxylation is 1. The zero-order chi connectivity index (χ0) is 15.5. The molecule has 1 saturated carbocycles. The SMILES string of the molecule is Cn1cc(S(=O)(=O)NCC(=O)NC2(CN)CCCC2)cn1. The van der Waals surface area contributed by atoms with E-state index in [9.17, 15) is 13.2 Å². The van der Waals surface area contributed by atoms with Crippen molar-refractivity contribution in [3.63, 3.8) is 0 Å². The lowest BCUT2D eigenvalue weighted by atomic mass is 9.98. The van der Waals surface area contributed by atoms with Crippen LogP contribution in [0.4, 0.5) is 0 Å². The number of hydrogen-bond donors (Lipinski definition) is 3. The van der Waals surface area contributed by atoms with Gasteiger partial charge in [0.05, 0.1) is 18.3 Å². The molecule has 0 radical (unpaired) electrons. The highest BCUT2D eigenvalue weighted by molar-refractivity contribution is 7.89. The summed E-state index contributed by atoms with van der Waals surface area (Å²) in [4.78, 5) is 12.0. The maximum Gasteiger partial charge on any atom is 0.244 e. The minimum Gasteiger partial charge on any atom is -0.348 e. The van der Waals surface area contributed by atoms with E-state index in [1.807, 2.05) is 0 Å². The van der Waals surface area contributed by atoms with Crippen molar-refractivity contribution in [2.75, 3.05) is 13.1 Å². The largest absolute Gasteiger partial charge is 0.348 e. The van der Waals surface area contributed by atoms with Gasteiger partial charge < -0.3 is 11.1 Å². The smallest absolute Gasteiger partial charge is 0.244 e. The zero-order valence-electron chi connectivity index (χ0n) is 12.0. The van der Waals surface area contributed by atoms with Crippen LogP contribution < -0.4 is 15.8 Å². The Balaban J connectivity index is 1.92. The molecule has 1 heterocycles. The van der Waals surface area contributed by atoms with E-state index in [1.54, 1.807) is 7.05 Å². The number of sulfonamides is 1. The molecule has 1 aliphatic carbocycles. The van der Waals surface area contributed by atoms with Crippen molar-refractivity contribution in [1.29, 1.82) is 0 Å². The third-order valence-corrected chi connectivity index (χ3v) is 5.13. The summed E-state index contributed by atoms with van der Waals surface area (Å²) in [6, 6.07) is 0. The van der Waals surface area contributed by atoms with Crippen LogP contribution in [0.3, 0.4) is 0 Å². The first-order chi connectivity index (χ1) is 9.87. The Morgan fingerprint density at radius 1 is 1.48 bits per heavy atom. The fourth-order valence-corrected chi connectivity index (χ4v) is 3.52. The van der Waals surface area contributed by atoms with Gasteiger partial charge in [-0.25, -0.2) is 13.1 Å². The van der Waals surface area contributed by atoms with Gasteiger partial charge in [-0.2, -0.15) is 5.10 Å². The van der Waals surface area contributed by atoms with Crippen LogP contribution in [0.1, 0.15) is 25.7 Å². The van der Waals surface area contributed by atoms with Gasteiger partial charge in [-0.05, 0) is 12.8 Å². The van der Waals surface area contributed by atoms with Crippen molar-refractivity contribution in [1.82, 2.24) is 19.8 Å². The van der Waals surface area contributed by atoms with Gasteiger partial charge in [-0.1, -0.05) is 12.8 Å². The monoisotopic (exact) mass is 315 g/mol.